The van der Waals surface area contributed by atoms with Crippen molar-refractivity contribution in [2.45, 2.75) is 52.5 Å². The summed E-state index contributed by atoms with van der Waals surface area (Å²) in [6.07, 6.45) is 5.41. The fourth-order valence-corrected chi connectivity index (χ4v) is 2.42. The molecule has 2 nitrogen and oxygen atoms in total. The van der Waals surface area contributed by atoms with E-state index < -0.39 is 0 Å². The Morgan fingerprint density at radius 3 is 2.81 bits per heavy atom. The van der Waals surface area contributed by atoms with Gasteiger partial charge >= 0.3 is 0 Å². The zero-order valence-electron chi connectivity index (χ0n) is 11.1. The van der Waals surface area contributed by atoms with E-state index in [0.717, 1.165) is 18.7 Å². The van der Waals surface area contributed by atoms with Crippen LogP contribution in [0.5, 0.6) is 0 Å². The first-order chi connectivity index (χ1) is 7.52. The van der Waals surface area contributed by atoms with Crippen molar-refractivity contribution in [3.05, 3.63) is 12.2 Å². The molecule has 1 saturated carbocycles. The van der Waals surface area contributed by atoms with Crippen LogP contribution in [0.15, 0.2) is 12.2 Å². The number of rotatable bonds is 6. The Kier molecular flexibility index (Phi) is 5.50. The summed E-state index contributed by atoms with van der Waals surface area (Å²) in [5.74, 6) is 0. The van der Waals surface area contributed by atoms with Crippen molar-refractivity contribution in [1.82, 2.24) is 5.32 Å². The molecule has 1 aliphatic carbocycles. The van der Waals surface area contributed by atoms with Crippen LogP contribution in [0.25, 0.3) is 0 Å². The molecule has 0 heterocycles. The third-order valence-corrected chi connectivity index (χ3v) is 3.49. The lowest BCUT2D eigenvalue weighted by molar-refractivity contribution is 0.128. The molecule has 0 aromatic rings. The van der Waals surface area contributed by atoms with E-state index in [2.05, 4.69) is 25.7 Å². The zero-order valence-corrected chi connectivity index (χ0v) is 11.1. The van der Waals surface area contributed by atoms with Crippen LogP contribution >= 0.6 is 0 Å². The molecule has 0 aliphatic heterocycles. The molecule has 94 valence electrons. The topological polar surface area (TPSA) is 21.3 Å². The Bertz CT molecular complexity index is 223. The minimum atomic E-state index is 0.451. The molecular weight excluding hydrogens is 198 g/mol. The molecule has 0 aromatic heterocycles. The highest BCUT2D eigenvalue weighted by molar-refractivity contribution is 4.88. The Morgan fingerprint density at radius 1 is 1.44 bits per heavy atom. The monoisotopic (exact) mass is 225 g/mol. The predicted octanol–water partition coefficient (Wildman–Crippen LogP) is 3.14. The van der Waals surface area contributed by atoms with Gasteiger partial charge in [-0.25, -0.2) is 0 Å². The normalized spacial score (nSPS) is 24.3. The Balaban J connectivity index is 2.14. The molecule has 0 aromatic carbocycles. The summed E-state index contributed by atoms with van der Waals surface area (Å²) in [5, 5.41) is 3.63. The molecule has 1 atom stereocenters. The van der Waals surface area contributed by atoms with Crippen molar-refractivity contribution in [1.29, 1.82) is 0 Å². The maximum absolute atomic E-state index is 5.49. The molecule has 0 spiro atoms. The molecule has 0 radical (unpaired) electrons. The predicted molar refractivity (Wildman–Crippen MR) is 69.7 cm³/mol. The van der Waals surface area contributed by atoms with Crippen LogP contribution in [-0.4, -0.2) is 25.8 Å². The van der Waals surface area contributed by atoms with Crippen LogP contribution in [0.4, 0.5) is 0 Å². The number of nitrogens with one attached hydrogen (secondary N) is 1. The fraction of sp³-hybridized carbons (Fsp3) is 0.857. The van der Waals surface area contributed by atoms with Crippen molar-refractivity contribution in [2.24, 2.45) is 5.41 Å². The van der Waals surface area contributed by atoms with Gasteiger partial charge in [0.2, 0.25) is 0 Å². The van der Waals surface area contributed by atoms with Crippen molar-refractivity contribution in [2.75, 3.05) is 19.8 Å². The minimum absolute atomic E-state index is 0.451. The van der Waals surface area contributed by atoms with E-state index in [9.17, 15) is 0 Å². The van der Waals surface area contributed by atoms with Crippen LogP contribution in [-0.2, 0) is 4.74 Å². The van der Waals surface area contributed by atoms with Crippen molar-refractivity contribution >= 4 is 0 Å². The molecule has 2 heteroatoms. The summed E-state index contributed by atoms with van der Waals surface area (Å²) in [4.78, 5) is 0. The molecule has 16 heavy (non-hydrogen) atoms. The minimum Gasteiger partial charge on any atom is -0.376 e. The van der Waals surface area contributed by atoms with E-state index in [1.807, 2.05) is 6.92 Å². The van der Waals surface area contributed by atoms with Gasteiger partial charge in [0.05, 0.1) is 13.2 Å². The van der Waals surface area contributed by atoms with Gasteiger partial charge in [-0.1, -0.05) is 38.8 Å². The quantitative estimate of drug-likeness (QED) is 0.554. The first-order valence-corrected chi connectivity index (χ1v) is 6.48. The van der Waals surface area contributed by atoms with Crippen LogP contribution in [0.3, 0.4) is 0 Å². The van der Waals surface area contributed by atoms with Gasteiger partial charge < -0.3 is 10.1 Å². The average molecular weight is 225 g/mol. The lowest BCUT2D eigenvalue weighted by atomic mass is 9.73. The van der Waals surface area contributed by atoms with Gasteiger partial charge in [0.15, 0.2) is 0 Å². The third kappa shape index (κ3) is 4.67. The largest absolute Gasteiger partial charge is 0.376 e. The van der Waals surface area contributed by atoms with Crippen molar-refractivity contribution < 1.29 is 4.74 Å². The van der Waals surface area contributed by atoms with Gasteiger partial charge in [0.1, 0.15) is 0 Å². The molecular formula is C14H27NO. The van der Waals surface area contributed by atoms with E-state index in [1.165, 1.54) is 25.7 Å². The first-order valence-electron chi connectivity index (χ1n) is 6.48. The number of ether oxygens (including phenoxy) is 1. The third-order valence-electron chi connectivity index (χ3n) is 3.49. The maximum atomic E-state index is 5.49. The second-order valence-electron chi connectivity index (χ2n) is 5.75. The van der Waals surface area contributed by atoms with E-state index >= 15 is 0 Å². The second kappa shape index (κ2) is 6.41. The van der Waals surface area contributed by atoms with Crippen molar-refractivity contribution in [3.63, 3.8) is 0 Å². The standard InChI is InChI=1S/C14H27NO/c1-12(2)11-16-10-9-15-13-7-5-6-8-14(13,3)4/h13,15H,1,5-11H2,2-4H3. The van der Waals surface area contributed by atoms with Gasteiger partial charge in [-0.3, -0.25) is 0 Å². The second-order valence-corrected chi connectivity index (χ2v) is 5.75. The highest BCUT2D eigenvalue weighted by atomic mass is 16.5. The Morgan fingerprint density at radius 2 is 2.19 bits per heavy atom. The highest BCUT2D eigenvalue weighted by Crippen LogP contribution is 2.35. The SMILES string of the molecule is C=C(C)COCCNC1CCCCC1(C)C. The van der Waals surface area contributed by atoms with E-state index in [1.54, 1.807) is 0 Å². The molecule has 1 aliphatic rings. The van der Waals surface area contributed by atoms with E-state index in [-0.39, 0.29) is 0 Å². The summed E-state index contributed by atoms with van der Waals surface area (Å²) in [6.45, 7) is 13.0. The highest BCUT2D eigenvalue weighted by Gasteiger charge is 2.31. The fourth-order valence-electron chi connectivity index (χ4n) is 2.42. The van der Waals surface area contributed by atoms with Crippen LogP contribution in [0.2, 0.25) is 0 Å². The van der Waals surface area contributed by atoms with Gasteiger partial charge in [-0.15, -0.1) is 0 Å². The van der Waals surface area contributed by atoms with E-state index in [4.69, 9.17) is 4.74 Å². The Hall–Kier alpha value is -0.340. The van der Waals surface area contributed by atoms with Gasteiger partial charge in [-0.2, -0.15) is 0 Å². The summed E-state index contributed by atoms with van der Waals surface area (Å²) < 4.78 is 5.49. The number of hydrogen-bond acceptors (Lipinski definition) is 2. The lowest BCUT2D eigenvalue weighted by Gasteiger charge is -2.39. The van der Waals surface area contributed by atoms with Gasteiger partial charge in [-0.05, 0) is 25.2 Å². The smallest absolute Gasteiger partial charge is 0.0672 e. The molecule has 0 bridgehead atoms. The van der Waals surface area contributed by atoms with Crippen LogP contribution in [0, 0.1) is 5.41 Å². The van der Waals surface area contributed by atoms with Crippen LogP contribution in [0.1, 0.15) is 46.5 Å². The van der Waals surface area contributed by atoms with Gasteiger partial charge in [0, 0.05) is 12.6 Å². The molecule has 0 saturated heterocycles. The molecule has 1 rings (SSSR count). The first kappa shape index (κ1) is 13.7. The lowest BCUT2D eigenvalue weighted by Crippen LogP contribution is -2.45. The maximum Gasteiger partial charge on any atom is 0.0672 e. The summed E-state index contributed by atoms with van der Waals surface area (Å²) in [7, 11) is 0. The van der Waals surface area contributed by atoms with Gasteiger partial charge in [0.25, 0.3) is 0 Å². The Labute approximate surface area is 100 Å². The molecule has 1 N–H and O–H groups in total. The molecule has 1 unspecified atom stereocenters. The summed E-state index contributed by atoms with van der Waals surface area (Å²) >= 11 is 0. The van der Waals surface area contributed by atoms with Crippen molar-refractivity contribution in [3.8, 4) is 0 Å². The average Bonchev–Trinajstić information content (AvgIpc) is 2.19. The zero-order chi connectivity index (χ0) is 12.0. The molecule has 1 fully saturated rings. The van der Waals surface area contributed by atoms with Crippen LogP contribution < -0.4 is 5.32 Å². The number of hydrogen-bond donors (Lipinski definition) is 1. The molecule has 0 amide bonds. The summed E-state index contributed by atoms with van der Waals surface area (Å²) in [5.41, 5.74) is 1.55. The summed E-state index contributed by atoms with van der Waals surface area (Å²) in [6, 6.07) is 0.662. The van der Waals surface area contributed by atoms with E-state index in [0.29, 0.717) is 18.1 Å².